The zero-order valence-corrected chi connectivity index (χ0v) is 20.5. The number of hydrogen-bond acceptors (Lipinski definition) is 8. The molecule has 0 aliphatic rings. The number of benzene rings is 1. The molecule has 0 saturated heterocycles. The summed E-state index contributed by atoms with van der Waals surface area (Å²) < 4.78 is 0. The average molecular weight is 521 g/mol. The van der Waals surface area contributed by atoms with E-state index in [0.717, 1.165) is 5.56 Å². The Labute approximate surface area is 209 Å². The van der Waals surface area contributed by atoms with Crippen LogP contribution in [0.3, 0.4) is 0 Å². The summed E-state index contributed by atoms with van der Waals surface area (Å²) >= 11 is 4.32. The van der Waals surface area contributed by atoms with Crippen LogP contribution in [0, 0.1) is 11.3 Å². The Morgan fingerprint density at radius 2 is 1.46 bits per heavy atom. The Kier molecular flexibility index (Phi) is 23.4. The number of nitrogens with one attached hydrogen (secondary N) is 2. The van der Waals surface area contributed by atoms with Gasteiger partial charge in [0, 0.05) is 6.54 Å². The third-order valence-corrected chi connectivity index (χ3v) is 3.94. The van der Waals surface area contributed by atoms with Crippen LogP contribution >= 0.6 is 11.6 Å². The summed E-state index contributed by atoms with van der Waals surface area (Å²) in [7, 11) is 0. The number of nitrogens with two attached hydrogens (primary N) is 4. The predicted molar refractivity (Wildman–Crippen MR) is 134 cm³/mol. The summed E-state index contributed by atoms with van der Waals surface area (Å²) in [4.78, 5) is 39.2. The minimum absolute atomic E-state index is 0.0208. The van der Waals surface area contributed by atoms with Gasteiger partial charge in [0.1, 0.15) is 18.1 Å². The molecule has 1 aromatic carbocycles. The van der Waals surface area contributed by atoms with E-state index in [1.165, 1.54) is 0 Å². The number of rotatable bonds is 10. The maximum Gasteiger partial charge on any atom is 0.320 e. The van der Waals surface area contributed by atoms with Gasteiger partial charge in [0.25, 0.3) is 0 Å². The molecule has 0 heterocycles. The highest BCUT2D eigenvalue weighted by atomic mass is 35.5. The molecule has 0 aromatic heterocycles. The summed E-state index contributed by atoms with van der Waals surface area (Å²) in [5.41, 5.74) is 21.7. The van der Waals surface area contributed by atoms with Crippen molar-refractivity contribution in [1.82, 2.24) is 5.32 Å². The Morgan fingerprint density at radius 3 is 1.77 bits per heavy atom. The number of halogens is 1. The first-order valence-electron chi connectivity index (χ1n) is 10.3. The normalized spacial score (nSPS) is 12.0. The third kappa shape index (κ3) is 25.2. The second-order valence-corrected chi connectivity index (χ2v) is 7.44. The largest absolute Gasteiger partial charge is 0.480 e. The molecular formula is C21H37ClN6O7. The second kappa shape index (κ2) is 22.5. The van der Waals surface area contributed by atoms with Gasteiger partial charge >= 0.3 is 17.9 Å². The highest BCUT2D eigenvalue weighted by Crippen LogP contribution is 2.01. The van der Waals surface area contributed by atoms with Crippen LogP contribution in [0.4, 0.5) is 0 Å². The Balaban J connectivity index is -0.000000423. The molecule has 0 aliphatic carbocycles. The summed E-state index contributed by atoms with van der Waals surface area (Å²) in [6, 6.07) is 7.01. The topological polar surface area (TPSA) is 269 Å². The molecule has 14 heteroatoms. The van der Waals surface area contributed by atoms with Gasteiger partial charge in [0.2, 0.25) is 5.75 Å². The zero-order chi connectivity index (χ0) is 28.0. The van der Waals surface area contributed by atoms with E-state index in [1.807, 2.05) is 30.3 Å². The molecule has 0 fully saturated rings. The molecule has 0 amide bonds. The van der Waals surface area contributed by atoms with E-state index in [-0.39, 0.29) is 17.6 Å². The van der Waals surface area contributed by atoms with Gasteiger partial charge in [-0.15, -0.1) is 0 Å². The number of carboxylic acids is 3. The molecular weight excluding hydrogens is 484 g/mol. The number of guanidine groups is 1. The fraction of sp³-hybridized carbons (Fsp3) is 0.476. The quantitative estimate of drug-likeness (QED) is 0.0636. The minimum Gasteiger partial charge on any atom is -0.480 e. The second-order valence-electron chi connectivity index (χ2n) is 7.26. The van der Waals surface area contributed by atoms with Crippen molar-refractivity contribution in [3.05, 3.63) is 35.9 Å². The standard InChI is InChI=1S/C9H11NO2.C6H14N4O2.C5H11NO2.CHClO/c10-8(9(11)12)6-7-4-2-1-3-5-7;7-4(5(11)12)2-1-3-10-6(8)9;1-3(2)4(6)5(7)8;2-1-3/h1-5,8H,6,10H2,(H,11,12);4H,1-3,7H2,(H,11,12)(H4,8,9,10);3-4H,6H2,1-2H3,(H,7,8);1H. The molecule has 0 radical (unpaired) electrons. The van der Waals surface area contributed by atoms with Gasteiger partial charge in [-0.2, -0.15) is 0 Å². The molecule has 3 atom stereocenters. The van der Waals surface area contributed by atoms with Crippen molar-refractivity contribution in [2.45, 2.75) is 51.2 Å². The van der Waals surface area contributed by atoms with Crippen LogP contribution in [0.15, 0.2) is 30.3 Å². The van der Waals surface area contributed by atoms with E-state index >= 15 is 0 Å². The van der Waals surface area contributed by atoms with E-state index in [2.05, 4.69) is 16.9 Å². The van der Waals surface area contributed by atoms with Crippen LogP contribution in [0.1, 0.15) is 32.3 Å². The molecule has 13 N–H and O–H groups in total. The van der Waals surface area contributed by atoms with Gasteiger partial charge in [-0.25, -0.2) is 0 Å². The fourth-order valence-electron chi connectivity index (χ4n) is 1.91. The Morgan fingerprint density at radius 1 is 1.00 bits per heavy atom. The molecule has 200 valence electrons. The fourth-order valence-corrected chi connectivity index (χ4v) is 1.91. The highest BCUT2D eigenvalue weighted by Gasteiger charge is 2.14. The molecule has 1 rings (SSSR count). The van der Waals surface area contributed by atoms with Crippen molar-refractivity contribution in [3.63, 3.8) is 0 Å². The number of carbonyl (C=O) groups is 4. The third-order valence-electron chi connectivity index (χ3n) is 3.94. The lowest BCUT2D eigenvalue weighted by Crippen LogP contribution is -2.34. The van der Waals surface area contributed by atoms with E-state index < -0.39 is 36.0 Å². The van der Waals surface area contributed by atoms with Crippen LogP contribution in [0.2, 0.25) is 0 Å². The van der Waals surface area contributed by atoms with Crippen molar-refractivity contribution in [2.75, 3.05) is 6.54 Å². The van der Waals surface area contributed by atoms with E-state index in [1.54, 1.807) is 13.8 Å². The predicted octanol–water partition coefficient (Wildman–Crippen LogP) is -0.228. The maximum atomic E-state index is 10.4. The van der Waals surface area contributed by atoms with E-state index in [0.29, 0.717) is 25.8 Å². The first kappa shape index (κ1) is 36.3. The van der Waals surface area contributed by atoms with Crippen molar-refractivity contribution in [3.8, 4) is 0 Å². The highest BCUT2D eigenvalue weighted by molar-refractivity contribution is 6.54. The summed E-state index contributed by atoms with van der Waals surface area (Å²) in [6.07, 6.45) is 1.36. The number of aliphatic carboxylic acids is 3. The molecule has 3 unspecified atom stereocenters. The molecule has 0 aliphatic heterocycles. The van der Waals surface area contributed by atoms with Gasteiger partial charge in [-0.1, -0.05) is 44.2 Å². The SMILES string of the molecule is CC(C)C(N)C(=O)O.N=C(N)NCCCC(N)C(=O)O.NC(Cc1ccccc1)C(=O)O.O=CCl. The van der Waals surface area contributed by atoms with Gasteiger partial charge < -0.3 is 43.6 Å². The molecule has 0 bridgehead atoms. The van der Waals surface area contributed by atoms with Crippen molar-refractivity contribution < 1.29 is 34.5 Å². The van der Waals surface area contributed by atoms with Crippen LogP contribution in [0.25, 0.3) is 0 Å². The average Bonchev–Trinajstić information content (AvgIpc) is 2.77. The summed E-state index contributed by atoms with van der Waals surface area (Å²) in [5.74, 6) is -2.76. The first-order valence-corrected chi connectivity index (χ1v) is 10.8. The molecule has 13 nitrogen and oxygen atoms in total. The van der Waals surface area contributed by atoms with Gasteiger partial charge in [-0.3, -0.25) is 24.6 Å². The van der Waals surface area contributed by atoms with Crippen LogP contribution in [0.5, 0.6) is 0 Å². The Hall–Kier alpha value is -3.26. The molecule has 35 heavy (non-hydrogen) atoms. The van der Waals surface area contributed by atoms with E-state index in [9.17, 15) is 14.4 Å². The molecule has 0 spiro atoms. The number of carboxylic acid groups (broad SMARTS) is 3. The van der Waals surface area contributed by atoms with E-state index in [4.69, 9.17) is 48.5 Å². The lowest BCUT2D eigenvalue weighted by Gasteiger charge is -2.07. The first-order chi connectivity index (χ1) is 16.2. The van der Waals surface area contributed by atoms with Crippen molar-refractivity contribution in [1.29, 1.82) is 5.41 Å². The van der Waals surface area contributed by atoms with Crippen LogP contribution in [-0.4, -0.2) is 69.6 Å². The van der Waals surface area contributed by atoms with Crippen LogP contribution in [-0.2, 0) is 25.6 Å². The number of hydrogen-bond donors (Lipinski definition) is 9. The van der Waals surface area contributed by atoms with Gasteiger partial charge in [0.05, 0.1) is 0 Å². The summed E-state index contributed by atoms with van der Waals surface area (Å²) in [5, 5.41) is 34.5. The lowest BCUT2D eigenvalue weighted by atomic mass is 10.1. The summed E-state index contributed by atoms with van der Waals surface area (Å²) in [6.45, 7) is 4.04. The van der Waals surface area contributed by atoms with Gasteiger partial charge in [0.15, 0.2) is 5.96 Å². The van der Waals surface area contributed by atoms with Gasteiger partial charge in [-0.05, 0) is 42.3 Å². The van der Waals surface area contributed by atoms with Crippen LogP contribution < -0.4 is 28.3 Å². The lowest BCUT2D eigenvalue weighted by molar-refractivity contribution is -0.140. The number of carbonyl (C=O) groups excluding carboxylic acids is 1. The maximum absolute atomic E-state index is 10.4. The smallest absolute Gasteiger partial charge is 0.320 e. The van der Waals surface area contributed by atoms with Crippen molar-refractivity contribution >= 4 is 41.2 Å². The monoisotopic (exact) mass is 520 g/mol. The Bertz CT molecular complexity index is 753. The van der Waals surface area contributed by atoms with Crippen molar-refractivity contribution in [2.24, 2.45) is 28.9 Å². The molecule has 0 saturated carbocycles. The molecule has 1 aromatic rings. The minimum atomic E-state index is -1.00. The zero-order valence-electron chi connectivity index (χ0n) is 19.8.